The Morgan fingerprint density at radius 1 is 1.00 bits per heavy atom. The van der Waals surface area contributed by atoms with Gasteiger partial charge in [0.15, 0.2) is 0 Å². The highest BCUT2D eigenvalue weighted by atomic mass is 14.6. The first kappa shape index (κ1) is 7.92. The number of nitrogens with two attached hydrogens (primary N) is 2. The van der Waals surface area contributed by atoms with Crippen LogP contribution in [0.4, 0.5) is 11.4 Å². The lowest BCUT2D eigenvalue weighted by Crippen LogP contribution is -1.94. The molecule has 0 fully saturated rings. The Hall–Kier alpha value is -1.18. The number of benzene rings is 1. The Balaban J connectivity index is 3.08. The van der Waals surface area contributed by atoms with E-state index in [1.807, 2.05) is 12.1 Å². The number of hydrogen-bond acceptors (Lipinski definition) is 2. The van der Waals surface area contributed by atoms with E-state index in [0.29, 0.717) is 5.92 Å². The number of hydrogen-bond donors (Lipinski definition) is 2. The van der Waals surface area contributed by atoms with Gasteiger partial charge in [0.05, 0.1) is 0 Å². The fourth-order valence-electron chi connectivity index (χ4n) is 1.04. The van der Waals surface area contributed by atoms with Gasteiger partial charge in [-0.15, -0.1) is 0 Å². The van der Waals surface area contributed by atoms with Crippen LogP contribution in [0.25, 0.3) is 0 Å². The second-order valence-electron chi connectivity index (χ2n) is 3.09. The fraction of sp³-hybridized carbons (Fsp3) is 0.333. The van der Waals surface area contributed by atoms with Crippen LogP contribution in [0, 0.1) is 0 Å². The summed E-state index contributed by atoms with van der Waals surface area (Å²) in [6, 6.07) is 5.69. The maximum Gasteiger partial charge on any atom is 0.0337 e. The highest BCUT2D eigenvalue weighted by Crippen LogP contribution is 2.20. The molecule has 0 heterocycles. The molecule has 1 aromatic carbocycles. The summed E-state index contributed by atoms with van der Waals surface area (Å²) in [4.78, 5) is 0. The van der Waals surface area contributed by atoms with Crippen LogP contribution in [0.5, 0.6) is 0 Å². The van der Waals surface area contributed by atoms with Crippen molar-refractivity contribution in [3.8, 4) is 0 Å². The minimum atomic E-state index is 0.487. The highest BCUT2D eigenvalue weighted by Gasteiger charge is 1.99. The Morgan fingerprint density at radius 3 is 1.82 bits per heavy atom. The molecule has 0 unspecified atom stereocenters. The van der Waals surface area contributed by atoms with E-state index in [-0.39, 0.29) is 0 Å². The molecule has 0 spiro atoms. The SMILES string of the molecule is CC(C)c1cc(N)cc(N)c1. The zero-order valence-electron chi connectivity index (χ0n) is 6.96. The van der Waals surface area contributed by atoms with Gasteiger partial charge in [-0.3, -0.25) is 0 Å². The van der Waals surface area contributed by atoms with Gasteiger partial charge >= 0.3 is 0 Å². The highest BCUT2D eigenvalue weighted by molar-refractivity contribution is 5.54. The topological polar surface area (TPSA) is 52.0 Å². The lowest BCUT2D eigenvalue weighted by atomic mass is 10.0. The van der Waals surface area contributed by atoms with Gasteiger partial charge in [0, 0.05) is 11.4 Å². The maximum absolute atomic E-state index is 5.62. The van der Waals surface area contributed by atoms with E-state index in [9.17, 15) is 0 Å². The van der Waals surface area contributed by atoms with Crippen molar-refractivity contribution in [1.82, 2.24) is 0 Å². The van der Waals surface area contributed by atoms with Crippen LogP contribution in [-0.4, -0.2) is 0 Å². The van der Waals surface area contributed by atoms with Gasteiger partial charge in [0.2, 0.25) is 0 Å². The molecular weight excluding hydrogens is 136 g/mol. The minimum Gasteiger partial charge on any atom is -0.399 e. The molecule has 0 saturated heterocycles. The minimum absolute atomic E-state index is 0.487. The van der Waals surface area contributed by atoms with Crippen LogP contribution in [-0.2, 0) is 0 Å². The van der Waals surface area contributed by atoms with Crippen LogP contribution < -0.4 is 11.5 Å². The van der Waals surface area contributed by atoms with Gasteiger partial charge in [0.1, 0.15) is 0 Å². The lowest BCUT2D eigenvalue weighted by molar-refractivity contribution is 0.868. The molecule has 4 N–H and O–H groups in total. The normalized spacial score (nSPS) is 10.5. The van der Waals surface area contributed by atoms with E-state index in [1.54, 1.807) is 6.07 Å². The standard InChI is InChI=1S/C9H14N2/c1-6(2)7-3-8(10)5-9(11)4-7/h3-6H,10-11H2,1-2H3. The third kappa shape index (κ3) is 1.87. The molecule has 0 amide bonds. The van der Waals surface area contributed by atoms with Crippen molar-refractivity contribution >= 4 is 11.4 Å². The molecular formula is C9H14N2. The largest absolute Gasteiger partial charge is 0.399 e. The van der Waals surface area contributed by atoms with Crippen LogP contribution in [0.2, 0.25) is 0 Å². The van der Waals surface area contributed by atoms with Gasteiger partial charge in [-0.05, 0) is 29.7 Å². The average molecular weight is 150 g/mol. The Bertz CT molecular complexity index is 233. The molecule has 0 aliphatic rings. The van der Waals surface area contributed by atoms with E-state index in [2.05, 4.69) is 13.8 Å². The van der Waals surface area contributed by atoms with E-state index in [0.717, 1.165) is 11.4 Å². The van der Waals surface area contributed by atoms with Gasteiger partial charge in [-0.1, -0.05) is 13.8 Å². The Morgan fingerprint density at radius 2 is 1.45 bits per heavy atom. The molecule has 0 radical (unpaired) electrons. The first-order chi connectivity index (χ1) is 5.09. The molecule has 1 rings (SSSR count). The number of rotatable bonds is 1. The molecule has 11 heavy (non-hydrogen) atoms. The van der Waals surface area contributed by atoms with Gasteiger partial charge in [-0.2, -0.15) is 0 Å². The number of anilines is 2. The summed E-state index contributed by atoms with van der Waals surface area (Å²) in [6.07, 6.45) is 0. The van der Waals surface area contributed by atoms with E-state index in [4.69, 9.17) is 11.5 Å². The summed E-state index contributed by atoms with van der Waals surface area (Å²) >= 11 is 0. The third-order valence-corrected chi connectivity index (χ3v) is 1.67. The summed E-state index contributed by atoms with van der Waals surface area (Å²) in [5.74, 6) is 0.487. The fourth-order valence-corrected chi connectivity index (χ4v) is 1.04. The Kier molecular flexibility index (Phi) is 2.03. The molecule has 0 atom stereocenters. The molecule has 0 aliphatic carbocycles. The summed E-state index contributed by atoms with van der Waals surface area (Å²) in [5, 5.41) is 0. The summed E-state index contributed by atoms with van der Waals surface area (Å²) in [6.45, 7) is 4.24. The molecule has 0 aromatic heterocycles. The van der Waals surface area contributed by atoms with Gasteiger partial charge in [-0.25, -0.2) is 0 Å². The van der Waals surface area contributed by atoms with Crippen molar-refractivity contribution in [2.75, 3.05) is 11.5 Å². The molecule has 60 valence electrons. The summed E-state index contributed by atoms with van der Waals surface area (Å²) in [5.41, 5.74) is 13.9. The van der Waals surface area contributed by atoms with Crippen molar-refractivity contribution in [3.63, 3.8) is 0 Å². The van der Waals surface area contributed by atoms with Crippen LogP contribution in [0.15, 0.2) is 18.2 Å². The second-order valence-corrected chi connectivity index (χ2v) is 3.09. The van der Waals surface area contributed by atoms with Crippen LogP contribution in [0.3, 0.4) is 0 Å². The molecule has 0 bridgehead atoms. The van der Waals surface area contributed by atoms with Crippen molar-refractivity contribution in [2.24, 2.45) is 0 Å². The predicted molar refractivity (Wildman–Crippen MR) is 49.4 cm³/mol. The van der Waals surface area contributed by atoms with Gasteiger partial charge < -0.3 is 11.5 Å². The van der Waals surface area contributed by atoms with Crippen molar-refractivity contribution < 1.29 is 0 Å². The summed E-state index contributed by atoms with van der Waals surface area (Å²) in [7, 11) is 0. The monoisotopic (exact) mass is 150 g/mol. The molecule has 0 aliphatic heterocycles. The predicted octanol–water partition coefficient (Wildman–Crippen LogP) is 1.97. The van der Waals surface area contributed by atoms with Crippen molar-refractivity contribution in [3.05, 3.63) is 23.8 Å². The van der Waals surface area contributed by atoms with E-state index >= 15 is 0 Å². The van der Waals surface area contributed by atoms with Crippen molar-refractivity contribution in [2.45, 2.75) is 19.8 Å². The number of nitrogen functional groups attached to an aromatic ring is 2. The Labute approximate surface area is 67.2 Å². The van der Waals surface area contributed by atoms with E-state index in [1.165, 1.54) is 5.56 Å². The smallest absolute Gasteiger partial charge is 0.0337 e. The van der Waals surface area contributed by atoms with E-state index < -0.39 is 0 Å². The maximum atomic E-state index is 5.62. The van der Waals surface area contributed by atoms with Crippen LogP contribution in [0.1, 0.15) is 25.3 Å². The molecule has 2 nitrogen and oxygen atoms in total. The average Bonchev–Trinajstić information content (AvgIpc) is 1.85. The van der Waals surface area contributed by atoms with Crippen molar-refractivity contribution in [1.29, 1.82) is 0 Å². The lowest BCUT2D eigenvalue weighted by Gasteiger charge is -2.06. The first-order valence-corrected chi connectivity index (χ1v) is 3.75. The quantitative estimate of drug-likeness (QED) is 0.601. The zero-order chi connectivity index (χ0) is 8.43. The third-order valence-electron chi connectivity index (χ3n) is 1.67. The van der Waals surface area contributed by atoms with Crippen LogP contribution >= 0.6 is 0 Å². The molecule has 2 heteroatoms. The van der Waals surface area contributed by atoms with Gasteiger partial charge in [0.25, 0.3) is 0 Å². The first-order valence-electron chi connectivity index (χ1n) is 3.75. The molecule has 0 saturated carbocycles. The zero-order valence-corrected chi connectivity index (χ0v) is 6.96. The molecule has 1 aromatic rings. The summed E-state index contributed by atoms with van der Waals surface area (Å²) < 4.78 is 0. The second kappa shape index (κ2) is 2.82.